The van der Waals surface area contributed by atoms with Crippen LogP contribution in [-0.2, 0) is 14.3 Å². The van der Waals surface area contributed by atoms with Crippen LogP contribution in [-0.4, -0.2) is 43.9 Å². The van der Waals surface area contributed by atoms with Gasteiger partial charge in [-0.3, -0.25) is 14.2 Å². The number of carbonyl (C=O) groups excluding carboxylic acids is 2. The second-order valence-corrected chi connectivity index (χ2v) is 9.83. The van der Waals surface area contributed by atoms with Crippen molar-refractivity contribution in [1.29, 1.82) is 0 Å². The minimum Gasteiger partial charge on any atom is -0.493 e. The fourth-order valence-electron chi connectivity index (χ4n) is 4.40. The lowest BCUT2D eigenvalue weighted by Gasteiger charge is -2.25. The molecule has 41 heavy (non-hydrogen) atoms. The van der Waals surface area contributed by atoms with Gasteiger partial charge >= 0.3 is 11.9 Å². The van der Waals surface area contributed by atoms with Gasteiger partial charge in [-0.05, 0) is 55.3 Å². The first kappa shape index (κ1) is 29.3. The van der Waals surface area contributed by atoms with E-state index in [0.717, 1.165) is 5.56 Å². The van der Waals surface area contributed by atoms with Gasteiger partial charge in [-0.25, -0.2) is 9.79 Å². The van der Waals surface area contributed by atoms with E-state index in [1.165, 1.54) is 36.0 Å². The monoisotopic (exact) mass is 578 g/mol. The molecule has 11 heteroatoms. The molecule has 3 aromatic rings. The smallest absolute Gasteiger partial charge is 0.338 e. The van der Waals surface area contributed by atoms with Crippen molar-refractivity contribution in [2.24, 2.45) is 4.99 Å². The molecule has 0 saturated carbocycles. The Kier molecular flexibility index (Phi) is 9.08. The minimum absolute atomic E-state index is 0.0129. The molecule has 0 aliphatic carbocycles. The number of carbonyl (C=O) groups is 2. The van der Waals surface area contributed by atoms with Gasteiger partial charge in [0.25, 0.3) is 5.56 Å². The summed E-state index contributed by atoms with van der Waals surface area (Å²) >= 11 is 1.19. The van der Waals surface area contributed by atoms with E-state index >= 15 is 0 Å². The van der Waals surface area contributed by atoms with Crippen molar-refractivity contribution in [3.05, 3.63) is 91.1 Å². The quantitative estimate of drug-likeness (QED) is 0.205. The van der Waals surface area contributed by atoms with Crippen molar-refractivity contribution in [1.82, 2.24) is 4.57 Å². The normalized spacial score (nSPS) is 14.6. The Morgan fingerprint density at radius 1 is 1.07 bits per heavy atom. The molecule has 4 rings (SSSR count). The Bertz CT molecular complexity index is 1720. The van der Waals surface area contributed by atoms with E-state index < -0.39 is 18.0 Å². The molecule has 0 bridgehead atoms. The fourth-order valence-corrected chi connectivity index (χ4v) is 5.45. The Balaban J connectivity index is 1.91. The molecular formula is C30H30N2O8S. The van der Waals surface area contributed by atoms with Crippen LogP contribution in [0.3, 0.4) is 0 Å². The highest BCUT2D eigenvalue weighted by Crippen LogP contribution is 2.36. The summed E-state index contributed by atoms with van der Waals surface area (Å²) in [6.45, 7) is 8.93. The van der Waals surface area contributed by atoms with Crippen LogP contribution >= 0.6 is 11.3 Å². The van der Waals surface area contributed by atoms with E-state index in [4.69, 9.17) is 23.7 Å². The van der Waals surface area contributed by atoms with E-state index in [1.807, 2.05) is 13.0 Å². The zero-order valence-electron chi connectivity index (χ0n) is 23.4. The average Bonchev–Trinajstić information content (AvgIpc) is 3.25. The van der Waals surface area contributed by atoms with Crippen molar-refractivity contribution in [3.63, 3.8) is 0 Å². The summed E-state index contributed by atoms with van der Waals surface area (Å²) in [5.74, 6) is 0.448. The third kappa shape index (κ3) is 6.09. The van der Waals surface area contributed by atoms with Crippen LogP contribution in [0.5, 0.6) is 23.0 Å². The summed E-state index contributed by atoms with van der Waals surface area (Å²) in [5.41, 5.74) is 1.50. The van der Waals surface area contributed by atoms with Crippen molar-refractivity contribution in [2.45, 2.75) is 26.8 Å². The number of fused-ring (bicyclic) bond motifs is 1. The summed E-state index contributed by atoms with van der Waals surface area (Å²) in [4.78, 5) is 43.8. The average molecular weight is 579 g/mol. The predicted octanol–water partition coefficient (Wildman–Crippen LogP) is 3.31. The van der Waals surface area contributed by atoms with Gasteiger partial charge in [0.15, 0.2) is 27.8 Å². The summed E-state index contributed by atoms with van der Waals surface area (Å²) in [6.07, 6.45) is 3.19. The molecule has 1 aliphatic heterocycles. The molecular weight excluding hydrogens is 548 g/mol. The summed E-state index contributed by atoms with van der Waals surface area (Å²) in [6, 6.07) is 9.34. The number of rotatable bonds is 10. The maximum atomic E-state index is 13.9. The molecule has 2 heterocycles. The highest BCUT2D eigenvalue weighted by molar-refractivity contribution is 7.07. The van der Waals surface area contributed by atoms with Gasteiger partial charge in [-0.15, -0.1) is 0 Å². The first-order chi connectivity index (χ1) is 19.7. The first-order valence-corrected chi connectivity index (χ1v) is 13.5. The maximum absolute atomic E-state index is 13.9. The van der Waals surface area contributed by atoms with Crippen molar-refractivity contribution in [2.75, 3.05) is 27.4 Å². The van der Waals surface area contributed by atoms with Gasteiger partial charge in [-0.2, -0.15) is 0 Å². The third-order valence-corrected chi connectivity index (χ3v) is 7.10. The molecule has 2 aromatic carbocycles. The molecule has 0 N–H and O–H groups in total. The first-order valence-electron chi connectivity index (χ1n) is 12.7. The standard InChI is InChI=1S/C30H30N2O8S/c1-7-13-39-29(35)26-17(3)31-30-32(27(26)20-10-12-22(40-18(4)33)24(16-20)37-6)28(34)25(41-30)15-19-9-11-21(38-8-2)23(14-19)36-5/h7,9-12,14-16,27H,1,8,13H2,2-6H3. The number of methoxy groups -OCH3 is 2. The zero-order chi connectivity index (χ0) is 29.7. The number of esters is 2. The predicted molar refractivity (Wildman–Crippen MR) is 153 cm³/mol. The molecule has 0 fully saturated rings. The van der Waals surface area contributed by atoms with Crippen LogP contribution in [0.4, 0.5) is 0 Å². The van der Waals surface area contributed by atoms with Crippen LogP contribution in [0.15, 0.2) is 70.1 Å². The fraction of sp³-hybridized carbons (Fsp3) is 0.267. The summed E-state index contributed by atoms with van der Waals surface area (Å²) in [7, 11) is 2.98. The van der Waals surface area contributed by atoms with Crippen LogP contribution in [0, 0.1) is 0 Å². The van der Waals surface area contributed by atoms with Crippen molar-refractivity contribution < 1.29 is 33.3 Å². The summed E-state index contributed by atoms with van der Waals surface area (Å²) < 4.78 is 29.0. The van der Waals surface area contributed by atoms with Crippen LogP contribution in [0.25, 0.3) is 6.08 Å². The molecule has 1 atom stereocenters. The number of nitrogens with zero attached hydrogens (tertiary/aromatic N) is 2. The molecule has 0 radical (unpaired) electrons. The topological polar surface area (TPSA) is 115 Å². The molecule has 0 spiro atoms. The second kappa shape index (κ2) is 12.7. The lowest BCUT2D eigenvalue weighted by molar-refractivity contribution is -0.138. The number of hydrogen-bond acceptors (Lipinski definition) is 10. The van der Waals surface area contributed by atoms with Crippen LogP contribution in [0.1, 0.15) is 37.9 Å². The summed E-state index contributed by atoms with van der Waals surface area (Å²) in [5, 5.41) is 0. The number of hydrogen-bond donors (Lipinski definition) is 0. The van der Waals surface area contributed by atoms with Gasteiger partial charge < -0.3 is 23.7 Å². The number of benzene rings is 2. The Morgan fingerprint density at radius 2 is 1.78 bits per heavy atom. The molecule has 1 aromatic heterocycles. The Hall–Kier alpha value is -4.64. The number of thiazole rings is 1. The van der Waals surface area contributed by atoms with E-state index in [2.05, 4.69) is 11.6 Å². The van der Waals surface area contributed by atoms with Crippen molar-refractivity contribution in [3.8, 4) is 23.0 Å². The lowest BCUT2D eigenvalue weighted by Crippen LogP contribution is -2.40. The molecule has 1 unspecified atom stereocenters. The van der Waals surface area contributed by atoms with Gasteiger partial charge in [0.1, 0.15) is 6.61 Å². The molecule has 1 aliphatic rings. The number of aromatic nitrogens is 1. The van der Waals surface area contributed by atoms with E-state index in [0.29, 0.717) is 38.7 Å². The Labute approximate surface area is 240 Å². The van der Waals surface area contributed by atoms with Gasteiger partial charge in [-0.1, -0.05) is 36.1 Å². The largest absolute Gasteiger partial charge is 0.493 e. The Morgan fingerprint density at radius 3 is 2.44 bits per heavy atom. The highest BCUT2D eigenvalue weighted by Gasteiger charge is 2.34. The third-order valence-electron chi connectivity index (χ3n) is 6.12. The van der Waals surface area contributed by atoms with Gasteiger partial charge in [0, 0.05) is 6.92 Å². The van der Waals surface area contributed by atoms with E-state index in [-0.39, 0.29) is 29.2 Å². The van der Waals surface area contributed by atoms with Crippen LogP contribution < -0.4 is 33.8 Å². The minimum atomic E-state index is -0.888. The number of ether oxygens (including phenoxy) is 5. The number of allylic oxidation sites excluding steroid dienone is 1. The highest BCUT2D eigenvalue weighted by atomic mass is 32.1. The molecule has 214 valence electrons. The van der Waals surface area contributed by atoms with E-state index in [1.54, 1.807) is 50.4 Å². The maximum Gasteiger partial charge on any atom is 0.338 e. The zero-order valence-corrected chi connectivity index (χ0v) is 24.2. The van der Waals surface area contributed by atoms with Crippen molar-refractivity contribution >= 4 is 29.4 Å². The molecule has 10 nitrogen and oxygen atoms in total. The molecule has 0 saturated heterocycles. The molecule has 0 amide bonds. The SMILES string of the molecule is C=CCOC(=O)C1=C(C)N=c2sc(=Cc3ccc(OCC)c(OC)c3)c(=O)n2C1c1ccc(OC(C)=O)c(OC)c1. The van der Waals surface area contributed by atoms with Gasteiger partial charge in [0.2, 0.25) is 0 Å². The van der Waals surface area contributed by atoms with E-state index in [9.17, 15) is 14.4 Å². The van der Waals surface area contributed by atoms with Gasteiger partial charge in [0.05, 0.1) is 42.7 Å². The lowest BCUT2D eigenvalue weighted by atomic mass is 9.95. The van der Waals surface area contributed by atoms with Crippen LogP contribution in [0.2, 0.25) is 0 Å². The second-order valence-electron chi connectivity index (χ2n) is 8.82.